The lowest BCUT2D eigenvalue weighted by molar-refractivity contribution is 1.67. The Kier molecular flexibility index (Phi) is 6.35. The van der Waals surface area contributed by atoms with Gasteiger partial charge < -0.3 is 0 Å². The molecule has 0 spiro atoms. The van der Waals surface area contributed by atoms with Crippen molar-refractivity contribution in [3.8, 4) is 33.4 Å². The first kappa shape index (κ1) is 29.0. The molecule has 11 aromatic rings. The van der Waals surface area contributed by atoms with E-state index in [0.29, 0.717) is 0 Å². The Morgan fingerprint density at radius 2 is 0.500 bits per heavy atom. The van der Waals surface area contributed by atoms with Crippen LogP contribution in [0.2, 0.25) is 0 Å². The van der Waals surface area contributed by atoms with Gasteiger partial charge in [0.25, 0.3) is 0 Å². The Morgan fingerprint density at radius 3 is 1.00 bits per heavy atom. The number of fused-ring (bicyclic) bond motifs is 7. The lowest BCUT2D eigenvalue weighted by atomic mass is 9.80. The zero-order chi connectivity index (χ0) is 34.2. The second-order valence-electron chi connectivity index (χ2n) is 14.0. The minimum absolute atomic E-state index is 1.22. The van der Waals surface area contributed by atoms with Crippen LogP contribution in [0.5, 0.6) is 0 Å². The molecule has 240 valence electrons. The fourth-order valence-corrected chi connectivity index (χ4v) is 8.83. The van der Waals surface area contributed by atoms with Gasteiger partial charge in [-0.25, -0.2) is 0 Å². The third-order valence-corrected chi connectivity index (χ3v) is 11.1. The number of rotatable bonds is 3. The van der Waals surface area contributed by atoms with Crippen molar-refractivity contribution in [2.24, 2.45) is 0 Å². The van der Waals surface area contributed by atoms with Crippen molar-refractivity contribution < 1.29 is 0 Å². The van der Waals surface area contributed by atoms with Gasteiger partial charge in [-0.2, -0.15) is 0 Å². The second kappa shape index (κ2) is 11.4. The summed E-state index contributed by atoms with van der Waals surface area (Å²) in [6.07, 6.45) is 0. The van der Waals surface area contributed by atoms with Crippen molar-refractivity contribution in [1.82, 2.24) is 0 Å². The molecule has 0 amide bonds. The van der Waals surface area contributed by atoms with E-state index in [-0.39, 0.29) is 0 Å². The summed E-state index contributed by atoms with van der Waals surface area (Å²) in [5.41, 5.74) is 7.60. The molecule has 11 rings (SSSR count). The Labute approximate surface area is 301 Å². The monoisotopic (exact) mass is 656 g/mol. The van der Waals surface area contributed by atoms with Gasteiger partial charge in [-0.15, -0.1) is 0 Å². The molecular weight excluding hydrogens is 625 g/mol. The van der Waals surface area contributed by atoms with Crippen molar-refractivity contribution in [3.63, 3.8) is 0 Å². The van der Waals surface area contributed by atoms with E-state index < -0.39 is 0 Å². The highest BCUT2D eigenvalue weighted by molar-refractivity contribution is 6.31. The van der Waals surface area contributed by atoms with Gasteiger partial charge in [-0.3, -0.25) is 0 Å². The Hall–Kier alpha value is -6.76. The molecule has 0 heteroatoms. The average Bonchev–Trinajstić information content (AvgIpc) is 3.21. The molecule has 0 N–H and O–H groups in total. The van der Waals surface area contributed by atoms with Crippen LogP contribution >= 0.6 is 0 Å². The van der Waals surface area contributed by atoms with E-state index in [9.17, 15) is 0 Å². The molecule has 0 saturated carbocycles. The molecule has 0 aliphatic rings. The van der Waals surface area contributed by atoms with Gasteiger partial charge in [-0.05, 0) is 133 Å². The highest BCUT2D eigenvalue weighted by atomic mass is 14.3. The van der Waals surface area contributed by atoms with E-state index in [1.54, 1.807) is 0 Å². The van der Waals surface area contributed by atoms with Crippen LogP contribution in [0, 0.1) is 0 Å². The van der Waals surface area contributed by atoms with Crippen molar-refractivity contribution in [1.29, 1.82) is 0 Å². The molecule has 0 atom stereocenters. The first-order chi connectivity index (χ1) is 25.8. The minimum Gasteiger partial charge on any atom is -0.0616 e. The average molecular weight is 657 g/mol. The molecule has 11 aromatic carbocycles. The van der Waals surface area contributed by atoms with Crippen molar-refractivity contribution in [2.75, 3.05) is 0 Å². The molecule has 0 nitrogen and oxygen atoms in total. The molecule has 0 bridgehead atoms. The van der Waals surface area contributed by atoms with Gasteiger partial charge in [0.15, 0.2) is 0 Å². The maximum Gasteiger partial charge on any atom is -0.00137 e. The van der Waals surface area contributed by atoms with E-state index in [1.807, 2.05) is 0 Å². The van der Waals surface area contributed by atoms with Gasteiger partial charge in [0, 0.05) is 0 Å². The molecule has 0 fully saturated rings. The maximum atomic E-state index is 2.47. The zero-order valence-electron chi connectivity index (χ0n) is 28.5. The quantitative estimate of drug-likeness (QED) is 0.166. The maximum absolute atomic E-state index is 2.47. The Morgan fingerprint density at radius 1 is 0.173 bits per heavy atom. The van der Waals surface area contributed by atoms with Gasteiger partial charge in [0.2, 0.25) is 0 Å². The standard InChI is InChI=1S/C52H32/c1-2-14-34-29-35(26-25-33(34)13-1)36-27-28-47-48(32-36)52(50-43-21-9-5-17-39(43)31-40-18-6-10-22-44(40)50)46-24-12-11-23-45(46)51(47)49-41-19-7-3-15-37(41)30-38-16-4-8-20-42(38)49/h1-32H. The summed E-state index contributed by atoms with van der Waals surface area (Å²) in [6, 6.07) is 72.1. The summed E-state index contributed by atoms with van der Waals surface area (Å²) in [4.78, 5) is 0. The third-order valence-electron chi connectivity index (χ3n) is 11.1. The van der Waals surface area contributed by atoms with Crippen LogP contribution in [-0.2, 0) is 0 Å². The predicted molar refractivity (Wildman–Crippen MR) is 225 cm³/mol. The molecule has 52 heavy (non-hydrogen) atoms. The van der Waals surface area contributed by atoms with Crippen LogP contribution in [0.4, 0.5) is 0 Å². The van der Waals surface area contributed by atoms with Crippen molar-refractivity contribution >= 4 is 75.4 Å². The van der Waals surface area contributed by atoms with Crippen molar-refractivity contribution in [3.05, 3.63) is 194 Å². The third kappa shape index (κ3) is 4.35. The van der Waals surface area contributed by atoms with E-state index in [2.05, 4.69) is 194 Å². The molecule has 0 radical (unpaired) electrons. The Balaban J connectivity index is 1.37. The highest BCUT2D eigenvalue weighted by Gasteiger charge is 2.23. The van der Waals surface area contributed by atoms with Gasteiger partial charge in [-0.1, -0.05) is 170 Å². The fraction of sp³-hybridized carbons (Fsp3) is 0. The zero-order valence-corrected chi connectivity index (χ0v) is 28.5. The molecule has 0 aromatic heterocycles. The van der Waals surface area contributed by atoms with Crippen LogP contribution in [0.3, 0.4) is 0 Å². The lowest BCUT2D eigenvalue weighted by Crippen LogP contribution is -1.95. The van der Waals surface area contributed by atoms with Crippen LogP contribution in [0.25, 0.3) is 109 Å². The first-order valence-corrected chi connectivity index (χ1v) is 18.1. The van der Waals surface area contributed by atoms with Gasteiger partial charge in [0.1, 0.15) is 0 Å². The lowest BCUT2D eigenvalue weighted by Gasteiger charge is -2.22. The van der Waals surface area contributed by atoms with E-state index >= 15 is 0 Å². The highest BCUT2D eigenvalue weighted by Crippen LogP contribution is 2.50. The molecule has 0 saturated heterocycles. The number of hydrogen-bond donors (Lipinski definition) is 0. The van der Waals surface area contributed by atoms with Gasteiger partial charge in [0.05, 0.1) is 0 Å². The molecule has 0 heterocycles. The van der Waals surface area contributed by atoms with Crippen LogP contribution < -0.4 is 0 Å². The molecule has 0 aliphatic heterocycles. The minimum atomic E-state index is 1.22. The largest absolute Gasteiger partial charge is 0.0616 e. The van der Waals surface area contributed by atoms with Crippen LogP contribution in [0.1, 0.15) is 0 Å². The topological polar surface area (TPSA) is 0 Å². The summed E-state index contributed by atoms with van der Waals surface area (Å²) in [5, 5.41) is 17.7. The fourth-order valence-electron chi connectivity index (χ4n) is 8.83. The summed E-state index contributed by atoms with van der Waals surface area (Å²) in [6.45, 7) is 0. The predicted octanol–water partition coefficient (Wildman–Crippen LogP) is 14.8. The normalized spacial score (nSPS) is 11.8. The van der Waals surface area contributed by atoms with E-state index in [0.717, 1.165) is 0 Å². The van der Waals surface area contributed by atoms with E-state index in [1.165, 1.54) is 109 Å². The van der Waals surface area contributed by atoms with Crippen molar-refractivity contribution in [2.45, 2.75) is 0 Å². The molecule has 0 aliphatic carbocycles. The molecular formula is C52H32. The summed E-state index contributed by atoms with van der Waals surface area (Å²) in [5.74, 6) is 0. The first-order valence-electron chi connectivity index (χ1n) is 18.1. The van der Waals surface area contributed by atoms with Gasteiger partial charge >= 0.3 is 0 Å². The Bertz CT molecular complexity index is 3130. The SMILES string of the molecule is c1ccc2cc(-c3ccc4c(-c5c6ccccc6cc6ccccc56)c5ccccc5c(-c5c6ccccc6cc6ccccc56)c4c3)ccc2c1. The smallest absolute Gasteiger partial charge is 0.00137 e. The molecule has 0 unspecified atom stereocenters. The summed E-state index contributed by atoms with van der Waals surface area (Å²) in [7, 11) is 0. The number of benzene rings is 11. The van der Waals surface area contributed by atoms with Crippen LogP contribution in [0.15, 0.2) is 194 Å². The summed E-state index contributed by atoms with van der Waals surface area (Å²) >= 11 is 0. The van der Waals surface area contributed by atoms with Crippen LogP contribution in [-0.4, -0.2) is 0 Å². The number of hydrogen-bond acceptors (Lipinski definition) is 0. The summed E-state index contributed by atoms with van der Waals surface area (Å²) < 4.78 is 0. The van der Waals surface area contributed by atoms with E-state index in [4.69, 9.17) is 0 Å². The second-order valence-corrected chi connectivity index (χ2v) is 14.0.